The summed E-state index contributed by atoms with van der Waals surface area (Å²) in [7, 11) is 0. The predicted molar refractivity (Wildman–Crippen MR) is 163 cm³/mol. The monoisotopic (exact) mass is 609 g/mol. The van der Waals surface area contributed by atoms with Crippen molar-refractivity contribution < 1.29 is 29.0 Å². The van der Waals surface area contributed by atoms with Crippen LogP contribution in [0.2, 0.25) is 0 Å². The fourth-order valence-electron chi connectivity index (χ4n) is 6.24. The van der Waals surface area contributed by atoms with Crippen LogP contribution in [0.25, 0.3) is 11.1 Å². The summed E-state index contributed by atoms with van der Waals surface area (Å²) in [4.78, 5) is 65.8. The van der Waals surface area contributed by atoms with Gasteiger partial charge in [0.25, 0.3) is 11.5 Å². The van der Waals surface area contributed by atoms with E-state index < -0.39 is 48.0 Å². The molecule has 2 atom stereocenters. The van der Waals surface area contributed by atoms with Crippen LogP contribution in [0.15, 0.2) is 94.6 Å². The molecule has 0 saturated carbocycles. The Labute approximate surface area is 257 Å². The maximum absolute atomic E-state index is 13.6. The summed E-state index contributed by atoms with van der Waals surface area (Å²) >= 11 is 0. The lowest BCUT2D eigenvalue weighted by atomic mass is 9.98. The van der Waals surface area contributed by atoms with Gasteiger partial charge in [0.2, 0.25) is 0 Å². The van der Waals surface area contributed by atoms with Crippen LogP contribution in [0.3, 0.4) is 0 Å². The number of carbonyl (C=O) groups is 3. The Kier molecular flexibility index (Phi) is 8.18. The molecule has 0 spiro atoms. The van der Waals surface area contributed by atoms with E-state index in [-0.39, 0.29) is 43.2 Å². The van der Waals surface area contributed by atoms with Gasteiger partial charge in [0, 0.05) is 29.8 Å². The van der Waals surface area contributed by atoms with Crippen molar-refractivity contribution in [2.24, 2.45) is 0 Å². The van der Waals surface area contributed by atoms with Crippen molar-refractivity contribution >= 4 is 18.0 Å². The third-order valence-electron chi connectivity index (χ3n) is 8.35. The number of nitrogens with zero attached hydrogens (tertiary/aromatic N) is 3. The molecule has 230 valence electrons. The van der Waals surface area contributed by atoms with E-state index in [4.69, 9.17) is 14.6 Å². The first-order chi connectivity index (χ1) is 21.7. The van der Waals surface area contributed by atoms with E-state index in [1.807, 2.05) is 48.5 Å². The van der Waals surface area contributed by atoms with Crippen LogP contribution in [0.4, 0.5) is 4.79 Å². The molecule has 1 aliphatic carbocycles. The summed E-state index contributed by atoms with van der Waals surface area (Å²) in [6, 6.07) is 23.3. The Balaban J connectivity index is 1.26. The van der Waals surface area contributed by atoms with Crippen LogP contribution in [0.5, 0.6) is 0 Å². The highest BCUT2D eigenvalue weighted by molar-refractivity contribution is 5.95. The minimum absolute atomic E-state index is 0.0466. The zero-order valence-corrected chi connectivity index (χ0v) is 24.5. The minimum atomic E-state index is -1.15. The van der Waals surface area contributed by atoms with Crippen LogP contribution in [-0.4, -0.2) is 69.0 Å². The van der Waals surface area contributed by atoms with Crippen molar-refractivity contribution in [3.05, 3.63) is 128 Å². The number of likely N-dealkylation sites (tertiary alicyclic amines) is 1. The molecule has 1 aliphatic heterocycles. The number of carbonyl (C=O) groups excluding carboxylic acids is 2. The van der Waals surface area contributed by atoms with Gasteiger partial charge in [-0.15, -0.1) is 0 Å². The maximum Gasteiger partial charge on any atom is 0.410 e. The Morgan fingerprint density at radius 3 is 2.16 bits per heavy atom. The molecule has 11 heteroatoms. The van der Waals surface area contributed by atoms with Crippen LogP contribution in [-0.2, 0) is 20.8 Å². The molecule has 1 saturated heterocycles. The molecule has 11 nitrogen and oxygen atoms in total. The lowest BCUT2D eigenvalue weighted by Crippen LogP contribution is -2.47. The smallest absolute Gasteiger partial charge is 0.410 e. The molecule has 1 aromatic heterocycles. The molecule has 1 N–H and O–H groups in total. The van der Waals surface area contributed by atoms with E-state index in [9.17, 15) is 24.0 Å². The Morgan fingerprint density at radius 1 is 0.889 bits per heavy atom. The molecule has 2 aliphatic rings. The molecule has 0 bridgehead atoms. The fourth-order valence-corrected chi connectivity index (χ4v) is 6.24. The van der Waals surface area contributed by atoms with E-state index in [0.29, 0.717) is 4.57 Å². The standard InChI is InChI=1S/C34H31N3O8/c1-21-16-35(33(42)37(31(21)40)32(41)22-9-3-2-4-10-22)17-23-15-24(44-20-30(38)39)18-36(23)34(43)45-19-29-27-13-7-5-11-25(27)26-12-6-8-14-28(26)29/h2-14,16,23-24,29H,15,17-20H2,1H3,(H,38,39)/t23-,24+/m0/s1. The molecule has 6 rings (SSSR count). The summed E-state index contributed by atoms with van der Waals surface area (Å²) in [6.45, 7) is 1.01. The number of carboxylic acid groups (broad SMARTS) is 1. The normalized spacial score (nSPS) is 17.1. The van der Waals surface area contributed by atoms with Gasteiger partial charge in [-0.2, -0.15) is 4.57 Å². The number of aryl methyl sites for hydroxylation is 1. The van der Waals surface area contributed by atoms with Crippen molar-refractivity contribution in [2.75, 3.05) is 19.8 Å². The average Bonchev–Trinajstić information content (AvgIpc) is 3.60. The number of ether oxygens (including phenoxy) is 2. The molecular formula is C34H31N3O8. The highest BCUT2D eigenvalue weighted by Crippen LogP contribution is 2.44. The van der Waals surface area contributed by atoms with Crippen molar-refractivity contribution in [1.82, 2.24) is 14.0 Å². The molecule has 1 amide bonds. The Hall–Kier alpha value is -5.29. The molecule has 1 fully saturated rings. The van der Waals surface area contributed by atoms with Gasteiger partial charge in [0.15, 0.2) is 0 Å². The number of hydrogen-bond donors (Lipinski definition) is 1. The van der Waals surface area contributed by atoms with Crippen molar-refractivity contribution in [3.8, 4) is 11.1 Å². The molecule has 45 heavy (non-hydrogen) atoms. The van der Waals surface area contributed by atoms with Gasteiger partial charge in [-0.1, -0.05) is 66.7 Å². The molecular weight excluding hydrogens is 578 g/mol. The number of benzene rings is 3. The van der Waals surface area contributed by atoms with E-state index in [0.717, 1.165) is 22.3 Å². The van der Waals surface area contributed by atoms with E-state index >= 15 is 0 Å². The summed E-state index contributed by atoms with van der Waals surface area (Å²) in [5.74, 6) is -2.07. The molecule has 0 unspecified atom stereocenters. The average molecular weight is 610 g/mol. The van der Waals surface area contributed by atoms with Crippen LogP contribution in [0, 0.1) is 6.92 Å². The van der Waals surface area contributed by atoms with Gasteiger partial charge in [-0.3, -0.25) is 14.2 Å². The summed E-state index contributed by atoms with van der Waals surface area (Å²) in [5.41, 5.74) is 3.06. The minimum Gasteiger partial charge on any atom is -0.480 e. The van der Waals surface area contributed by atoms with Crippen molar-refractivity contribution in [2.45, 2.75) is 38.0 Å². The van der Waals surface area contributed by atoms with Gasteiger partial charge in [-0.05, 0) is 47.7 Å². The lowest BCUT2D eigenvalue weighted by molar-refractivity contribution is -0.144. The number of fused-ring (bicyclic) bond motifs is 3. The number of hydrogen-bond acceptors (Lipinski definition) is 7. The molecule has 0 radical (unpaired) electrons. The van der Waals surface area contributed by atoms with Crippen molar-refractivity contribution in [3.63, 3.8) is 0 Å². The van der Waals surface area contributed by atoms with E-state index in [2.05, 4.69) is 0 Å². The Bertz CT molecular complexity index is 1850. The summed E-state index contributed by atoms with van der Waals surface area (Å²) < 4.78 is 13.2. The van der Waals surface area contributed by atoms with E-state index in [1.54, 1.807) is 18.2 Å². The topological polar surface area (TPSA) is 137 Å². The first-order valence-corrected chi connectivity index (χ1v) is 14.6. The number of amides is 1. The Morgan fingerprint density at radius 2 is 1.51 bits per heavy atom. The quantitative estimate of drug-likeness (QED) is 0.321. The molecule has 3 aromatic carbocycles. The van der Waals surface area contributed by atoms with Crippen LogP contribution < -0.4 is 11.2 Å². The first-order valence-electron chi connectivity index (χ1n) is 14.6. The molecule has 4 aromatic rings. The van der Waals surface area contributed by atoms with Crippen molar-refractivity contribution in [1.29, 1.82) is 0 Å². The first kappa shape index (κ1) is 29.8. The largest absolute Gasteiger partial charge is 0.480 e. The van der Waals surface area contributed by atoms with Gasteiger partial charge in [-0.25, -0.2) is 14.4 Å². The SMILES string of the molecule is Cc1cn(C[C@@H]2C[C@@H](OCC(=O)O)CN2C(=O)OCC2c3ccccc3-c3ccccc32)c(=O)n(C(=O)c2ccccc2)c1=O. The summed E-state index contributed by atoms with van der Waals surface area (Å²) in [5, 5.41) is 9.15. The third-order valence-corrected chi connectivity index (χ3v) is 8.35. The zero-order valence-electron chi connectivity index (χ0n) is 24.5. The van der Waals surface area contributed by atoms with Crippen LogP contribution >= 0.6 is 0 Å². The number of aliphatic carboxylic acids is 1. The predicted octanol–water partition coefficient (Wildman–Crippen LogP) is 3.50. The zero-order chi connectivity index (χ0) is 31.7. The number of carboxylic acids is 1. The third kappa shape index (κ3) is 5.82. The van der Waals surface area contributed by atoms with Crippen LogP contribution in [0.1, 0.15) is 39.4 Å². The van der Waals surface area contributed by atoms with Gasteiger partial charge in [0.05, 0.1) is 18.7 Å². The second-order valence-corrected chi connectivity index (χ2v) is 11.2. The van der Waals surface area contributed by atoms with Gasteiger partial charge >= 0.3 is 17.8 Å². The highest BCUT2D eigenvalue weighted by Gasteiger charge is 2.39. The summed E-state index contributed by atoms with van der Waals surface area (Å²) in [6.07, 6.45) is 0.317. The highest BCUT2D eigenvalue weighted by atomic mass is 16.6. The second-order valence-electron chi connectivity index (χ2n) is 11.2. The van der Waals surface area contributed by atoms with E-state index in [1.165, 1.54) is 34.7 Å². The van der Waals surface area contributed by atoms with Gasteiger partial charge in [0.1, 0.15) is 13.2 Å². The second kappa shape index (κ2) is 12.4. The number of rotatable bonds is 8. The molecule has 2 heterocycles. The van der Waals surface area contributed by atoms with Gasteiger partial charge < -0.3 is 19.5 Å². The fraction of sp³-hybridized carbons (Fsp3) is 0.265. The number of aromatic nitrogens is 2. The lowest BCUT2D eigenvalue weighted by Gasteiger charge is -2.25. The maximum atomic E-state index is 13.6.